The molecule has 2 aromatic heterocycles. The standard InChI is InChI=1S/C28H28F3N3O4/c29-28(30,31)22-9-6-20(7-10-22)8-11-27-33-23(19-38-27)18-37-25-5-1-3-21(15-25)4-2-13-34-14-12-32-26(34)16-24(36)17-35/h1,3,5-12,14-15,19,24,35-36H,2,4,13,16-18H2/b11-8+. The second kappa shape index (κ2) is 12.6. The third-order valence-electron chi connectivity index (χ3n) is 5.81. The number of benzene rings is 2. The van der Waals surface area contributed by atoms with Crippen molar-refractivity contribution in [1.82, 2.24) is 14.5 Å². The van der Waals surface area contributed by atoms with Crippen LogP contribution in [-0.2, 0) is 32.2 Å². The van der Waals surface area contributed by atoms with Gasteiger partial charge in [0.15, 0.2) is 0 Å². The average Bonchev–Trinajstić information content (AvgIpc) is 3.55. The van der Waals surface area contributed by atoms with Crippen LogP contribution >= 0.6 is 0 Å². The van der Waals surface area contributed by atoms with Gasteiger partial charge >= 0.3 is 6.18 Å². The van der Waals surface area contributed by atoms with Gasteiger partial charge in [-0.25, -0.2) is 9.97 Å². The summed E-state index contributed by atoms with van der Waals surface area (Å²) >= 11 is 0. The lowest BCUT2D eigenvalue weighted by Crippen LogP contribution is -2.18. The zero-order valence-electron chi connectivity index (χ0n) is 20.5. The summed E-state index contributed by atoms with van der Waals surface area (Å²) in [5.74, 6) is 1.76. The Balaban J connectivity index is 1.25. The monoisotopic (exact) mass is 527 g/mol. The predicted molar refractivity (Wildman–Crippen MR) is 135 cm³/mol. The average molecular weight is 528 g/mol. The second-order valence-corrected chi connectivity index (χ2v) is 8.75. The van der Waals surface area contributed by atoms with E-state index >= 15 is 0 Å². The third-order valence-corrected chi connectivity index (χ3v) is 5.81. The largest absolute Gasteiger partial charge is 0.487 e. The first-order valence-corrected chi connectivity index (χ1v) is 12.1. The molecule has 0 saturated heterocycles. The van der Waals surface area contributed by atoms with Crippen LogP contribution in [0.4, 0.5) is 13.2 Å². The number of alkyl halides is 3. The highest BCUT2D eigenvalue weighted by atomic mass is 19.4. The van der Waals surface area contributed by atoms with Gasteiger partial charge in [0.05, 0.1) is 18.3 Å². The van der Waals surface area contributed by atoms with E-state index in [0.717, 1.165) is 42.9 Å². The molecule has 10 heteroatoms. The molecule has 200 valence electrons. The first kappa shape index (κ1) is 27.2. The first-order chi connectivity index (χ1) is 18.3. The van der Waals surface area contributed by atoms with E-state index in [4.69, 9.17) is 14.3 Å². The summed E-state index contributed by atoms with van der Waals surface area (Å²) in [6, 6.07) is 12.6. The van der Waals surface area contributed by atoms with Crippen LogP contribution in [0, 0.1) is 0 Å². The maximum Gasteiger partial charge on any atom is 0.416 e. The van der Waals surface area contributed by atoms with Crippen molar-refractivity contribution in [2.24, 2.45) is 0 Å². The van der Waals surface area contributed by atoms with E-state index in [-0.39, 0.29) is 13.2 Å². The Morgan fingerprint density at radius 1 is 1.11 bits per heavy atom. The lowest BCUT2D eigenvalue weighted by Gasteiger charge is -2.11. The van der Waals surface area contributed by atoms with Crippen LogP contribution in [-0.4, -0.2) is 37.5 Å². The van der Waals surface area contributed by atoms with Gasteiger partial charge in [0.25, 0.3) is 0 Å². The van der Waals surface area contributed by atoms with Crippen molar-refractivity contribution < 1.29 is 32.5 Å². The molecule has 2 N–H and O–H groups in total. The number of imidazole rings is 1. The molecule has 2 aromatic carbocycles. The highest BCUT2D eigenvalue weighted by Gasteiger charge is 2.29. The Hall–Kier alpha value is -3.89. The summed E-state index contributed by atoms with van der Waals surface area (Å²) in [5.41, 5.74) is 1.59. The molecule has 2 heterocycles. The quantitative estimate of drug-likeness (QED) is 0.264. The normalized spacial score (nSPS) is 12.8. The van der Waals surface area contributed by atoms with Crippen LogP contribution < -0.4 is 4.74 Å². The minimum absolute atomic E-state index is 0.201. The van der Waals surface area contributed by atoms with Crippen LogP contribution in [0.15, 0.2) is 71.6 Å². The smallest absolute Gasteiger partial charge is 0.416 e. The Morgan fingerprint density at radius 3 is 2.68 bits per heavy atom. The molecule has 4 aromatic rings. The molecule has 7 nitrogen and oxygen atoms in total. The summed E-state index contributed by atoms with van der Waals surface area (Å²) in [7, 11) is 0. The number of aromatic nitrogens is 3. The molecule has 0 saturated carbocycles. The molecule has 0 bridgehead atoms. The van der Waals surface area contributed by atoms with Crippen molar-refractivity contribution in [3.05, 3.63) is 101 Å². The van der Waals surface area contributed by atoms with Gasteiger partial charge in [-0.2, -0.15) is 13.2 Å². The second-order valence-electron chi connectivity index (χ2n) is 8.75. The lowest BCUT2D eigenvalue weighted by molar-refractivity contribution is -0.137. The van der Waals surface area contributed by atoms with E-state index in [1.54, 1.807) is 18.3 Å². The summed E-state index contributed by atoms with van der Waals surface area (Å²) in [6.07, 6.45) is 5.05. The zero-order chi connectivity index (χ0) is 27.0. The first-order valence-electron chi connectivity index (χ1n) is 12.1. The Labute approximate surface area is 217 Å². The highest BCUT2D eigenvalue weighted by Crippen LogP contribution is 2.29. The van der Waals surface area contributed by atoms with E-state index in [1.807, 2.05) is 35.0 Å². The molecule has 0 spiro atoms. The fourth-order valence-electron chi connectivity index (χ4n) is 3.83. The van der Waals surface area contributed by atoms with Crippen LogP contribution in [0.1, 0.15) is 40.5 Å². The minimum atomic E-state index is -4.37. The molecule has 0 amide bonds. The van der Waals surface area contributed by atoms with E-state index in [1.165, 1.54) is 18.4 Å². The minimum Gasteiger partial charge on any atom is -0.487 e. The third kappa shape index (κ3) is 7.80. The number of halogens is 3. The number of ether oxygens (including phenoxy) is 1. The molecular weight excluding hydrogens is 499 g/mol. The summed E-state index contributed by atoms with van der Waals surface area (Å²) in [5, 5.41) is 18.7. The summed E-state index contributed by atoms with van der Waals surface area (Å²) in [6.45, 7) is 0.641. The van der Waals surface area contributed by atoms with E-state index < -0.39 is 17.8 Å². The van der Waals surface area contributed by atoms with Crippen molar-refractivity contribution in [1.29, 1.82) is 0 Å². The van der Waals surface area contributed by atoms with Crippen LogP contribution in [0.25, 0.3) is 12.2 Å². The number of hydrogen-bond donors (Lipinski definition) is 2. The highest BCUT2D eigenvalue weighted by molar-refractivity contribution is 5.66. The number of rotatable bonds is 12. The van der Waals surface area contributed by atoms with E-state index in [0.29, 0.717) is 29.3 Å². The number of aliphatic hydroxyl groups excluding tert-OH is 2. The lowest BCUT2D eigenvalue weighted by atomic mass is 10.1. The van der Waals surface area contributed by atoms with Crippen molar-refractivity contribution in [2.45, 2.75) is 44.7 Å². The van der Waals surface area contributed by atoms with Crippen LogP contribution in [0.5, 0.6) is 5.75 Å². The Morgan fingerprint density at radius 2 is 1.92 bits per heavy atom. The fraction of sp³-hybridized carbons (Fsp3) is 0.286. The molecule has 1 unspecified atom stereocenters. The number of aryl methyl sites for hydroxylation is 2. The molecule has 0 aliphatic carbocycles. The van der Waals surface area contributed by atoms with Gasteiger partial charge in [-0.3, -0.25) is 0 Å². The van der Waals surface area contributed by atoms with E-state index in [9.17, 15) is 18.3 Å². The van der Waals surface area contributed by atoms with Gasteiger partial charge in [0.1, 0.15) is 30.1 Å². The number of hydrogen-bond acceptors (Lipinski definition) is 6. The predicted octanol–water partition coefficient (Wildman–Crippen LogP) is 5.17. The SMILES string of the molecule is OCC(O)Cc1nccn1CCCc1cccc(OCc2coc(/C=C/c3ccc(C(F)(F)F)cc3)n2)c1. The molecule has 0 aliphatic heterocycles. The van der Waals surface area contributed by atoms with Gasteiger partial charge in [-0.05, 0) is 54.3 Å². The van der Waals surface area contributed by atoms with Gasteiger partial charge < -0.3 is 23.9 Å². The fourth-order valence-corrected chi connectivity index (χ4v) is 3.83. The van der Waals surface area contributed by atoms with Gasteiger partial charge in [0.2, 0.25) is 5.89 Å². The zero-order valence-corrected chi connectivity index (χ0v) is 20.5. The topological polar surface area (TPSA) is 93.5 Å². The molecule has 4 rings (SSSR count). The maximum absolute atomic E-state index is 12.7. The maximum atomic E-state index is 12.7. The van der Waals surface area contributed by atoms with Gasteiger partial charge in [-0.15, -0.1) is 0 Å². The summed E-state index contributed by atoms with van der Waals surface area (Å²) < 4.78 is 51.3. The molecule has 0 fully saturated rings. The number of aliphatic hydroxyl groups is 2. The number of nitrogens with zero attached hydrogens (tertiary/aromatic N) is 3. The van der Waals surface area contributed by atoms with E-state index in [2.05, 4.69) is 9.97 Å². The van der Waals surface area contributed by atoms with Crippen molar-refractivity contribution in [3.63, 3.8) is 0 Å². The Kier molecular flexibility index (Phi) is 8.98. The van der Waals surface area contributed by atoms with Crippen LogP contribution in [0.2, 0.25) is 0 Å². The van der Waals surface area contributed by atoms with Crippen molar-refractivity contribution in [3.8, 4) is 5.75 Å². The number of oxazole rings is 1. The van der Waals surface area contributed by atoms with Crippen molar-refractivity contribution in [2.75, 3.05) is 6.61 Å². The van der Waals surface area contributed by atoms with Crippen molar-refractivity contribution >= 4 is 12.2 Å². The van der Waals surface area contributed by atoms with Gasteiger partial charge in [-0.1, -0.05) is 24.3 Å². The molecule has 0 radical (unpaired) electrons. The molecule has 38 heavy (non-hydrogen) atoms. The molecule has 1 atom stereocenters. The van der Waals surface area contributed by atoms with Crippen LogP contribution in [0.3, 0.4) is 0 Å². The molecule has 0 aliphatic rings. The summed E-state index contributed by atoms with van der Waals surface area (Å²) in [4.78, 5) is 8.59. The Bertz CT molecular complexity index is 1330. The van der Waals surface area contributed by atoms with Gasteiger partial charge in [0, 0.05) is 31.4 Å². The molecular formula is C28H28F3N3O4.